The number of imidazole rings is 1. The lowest BCUT2D eigenvalue weighted by molar-refractivity contribution is -0.123. The smallest absolute Gasteiger partial charge is 0.155 e. The number of Topliss-reactive ketones (excluding diaryl/α,β-unsaturated/α-hetero) is 1. The van der Waals surface area contributed by atoms with Crippen molar-refractivity contribution in [1.29, 1.82) is 0 Å². The van der Waals surface area contributed by atoms with Crippen LogP contribution in [0.4, 0.5) is 0 Å². The predicted molar refractivity (Wildman–Crippen MR) is 72.5 cm³/mol. The Labute approximate surface area is 110 Å². The van der Waals surface area contributed by atoms with Gasteiger partial charge in [0.1, 0.15) is 5.82 Å². The van der Waals surface area contributed by atoms with Crippen molar-refractivity contribution >= 4 is 17.1 Å². The number of carbonyl (C=O) groups excluding carboxylic acids is 1. The van der Waals surface area contributed by atoms with Crippen LogP contribution >= 0.6 is 11.3 Å². The van der Waals surface area contributed by atoms with Crippen LogP contribution in [0.5, 0.6) is 0 Å². The van der Waals surface area contributed by atoms with Crippen molar-refractivity contribution in [1.82, 2.24) is 9.55 Å². The Morgan fingerprint density at radius 3 is 3.00 bits per heavy atom. The molecule has 18 heavy (non-hydrogen) atoms. The number of ketones is 1. The molecule has 0 aromatic carbocycles. The molecular formula is C14H16N2OS. The standard InChI is InChI=1S/C14H16N2OS/c17-12(11-4-1-2-5-11)10-16-8-7-15-14(16)13-6-3-9-18-13/h3,6-9,11H,1-2,4-5,10H2. The maximum atomic E-state index is 12.2. The molecule has 1 fully saturated rings. The summed E-state index contributed by atoms with van der Waals surface area (Å²) in [7, 11) is 0. The minimum Gasteiger partial charge on any atom is -0.323 e. The Hall–Kier alpha value is -1.42. The van der Waals surface area contributed by atoms with Gasteiger partial charge in [0.05, 0.1) is 11.4 Å². The molecule has 0 atom stereocenters. The van der Waals surface area contributed by atoms with Crippen LogP contribution in [0.25, 0.3) is 10.7 Å². The third-order valence-electron chi connectivity index (χ3n) is 3.59. The molecule has 94 valence electrons. The summed E-state index contributed by atoms with van der Waals surface area (Å²) in [5.74, 6) is 1.56. The van der Waals surface area contributed by atoms with E-state index in [2.05, 4.69) is 4.98 Å². The SMILES string of the molecule is O=C(Cn1ccnc1-c1cccs1)C1CCCC1. The second-order valence-corrected chi connectivity index (χ2v) is 5.75. The zero-order valence-corrected chi connectivity index (χ0v) is 11.0. The van der Waals surface area contributed by atoms with Crippen LogP contribution in [0.3, 0.4) is 0 Å². The van der Waals surface area contributed by atoms with Gasteiger partial charge in [0.15, 0.2) is 5.78 Å². The van der Waals surface area contributed by atoms with Crippen LogP contribution in [0.1, 0.15) is 25.7 Å². The maximum absolute atomic E-state index is 12.2. The average Bonchev–Trinajstić information content (AvgIpc) is 3.11. The molecule has 3 rings (SSSR count). The van der Waals surface area contributed by atoms with Gasteiger partial charge in [-0.05, 0) is 24.3 Å². The fraction of sp³-hybridized carbons (Fsp3) is 0.429. The van der Waals surface area contributed by atoms with Crippen molar-refractivity contribution in [2.75, 3.05) is 0 Å². The normalized spacial score (nSPS) is 16.2. The van der Waals surface area contributed by atoms with Gasteiger partial charge in [-0.15, -0.1) is 11.3 Å². The van der Waals surface area contributed by atoms with Crippen molar-refractivity contribution < 1.29 is 4.79 Å². The number of hydrogen-bond acceptors (Lipinski definition) is 3. The number of carbonyl (C=O) groups is 1. The van der Waals surface area contributed by atoms with Gasteiger partial charge in [-0.25, -0.2) is 4.98 Å². The minimum absolute atomic E-state index is 0.281. The molecule has 0 spiro atoms. The molecule has 2 aromatic heterocycles. The topological polar surface area (TPSA) is 34.9 Å². The lowest BCUT2D eigenvalue weighted by Crippen LogP contribution is -2.17. The first kappa shape index (κ1) is 11.7. The third-order valence-corrected chi connectivity index (χ3v) is 4.46. The number of thiophene rings is 1. The van der Waals surface area contributed by atoms with Crippen LogP contribution in [0.15, 0.2) is 29.9 Å². The average molecular weight is 260 g/mol. The zero-order chi connectivity index (χ0) is 12.4. The Bertz CT molecular complexity index is 524. The van der Waals surface area contributed by atoms with Crippen molar-refractivity contribution in [2.24, 2.45) is 5.92 Å². The summed E-state index contributed by atoms with van der Waals surface area (Å²) >= 11 is 1.66. The Kier molecular flexibility index (Phi) is 3.28. The van der Waals surface area contributed by atoms with E-state index in [0.29, 0.717) is 12.3 Å². The number of hydrogen-bond donors (Lipinski definition) is 0. The second kappa shape index (κ2) is 5.06. The largest absolute Gasteiger partial charge is 0.323 e. The van der Waals surface area contributed by atoms with E-state index in [1.54, 1.807) is 17.5 Å². The van der Waals surface area contributed by atoms with E-state index in [1.807, 2.05) is 28.3 Å². The highest BCUT2D eigenvalue weighted by Gasteiger charge is 2.23. The van der Waals surface area contributed by atoms with Crippen LogP contribution in [-0.4, -0.2) is 15.3 Å². The summed E-state index contributed by atoms with van der Waals surface area (Å²) in [5, 5.41) is 2.03. The van der Waals surface area contributed by atoms with E-state index in [1.165, 1.54) is 12.8 Å². The summed E-state index contributed by atoms with van der Waals surface area (Å²) in [5.41, 5.74) is 0. The highest BCUT2D eigenvalue weighted by molar-refractivity contribution is 7.13. The molecular weight excluding hydrogens is 244 g/mol. The molecule has 4 heteroatoms. The fourth-order valence-electron chi connectivity index (χ4n) is 2.61. The molecule has 0 radical (unpaired) electrons. The van der Waals surface area contributed by atoms with Crippen LogP contribution in [-0.2, 0) is 11.3 Å². The number of nitrogens with zero attached hydrogens (tertiary/aromatic N) is 2. The van der Waals surface area contributed by atoms with E-state index >= 15 is 0 Å². The van der Waals surface area contributed by atoms with Gasteiger partial charge >= 0.3 is 0 Å². The van der Waals surface area contributed by atoms with Crippen LogP contribution in [0, 0.1) is 5.92 Å². The fourth-order valence-corrected chi connectivity index (χ4v) is 3.35. The summed E-state index contributed by atoms with van der Waals surface area (Å²) in [6.07, 6.45) is 8.23. The number of aromatic nitrogens is 2. The van der Waals surface area contributed by atoms with Gasteiger partial charge in [-0.3, -0.25) is 4.79 Å². The van der Waals surface area contributed by atoms with Gasteiger partial charge in [-0.2, -0.15) is 0 Å². The molecule has 2 heterocycles. The molecule has 0 unspecified atom stereocenters. The lowest BCUT2D eigenvalue weighted by atomic mass is 10.0. The Balaban J connectivity index is 1.77. The van der Waals surface area contributed by atoms with Crippen LogP contribution in [0.2, 0.25) is 0 Å². The van der Waals surface area contributed by atoms with E-state index in [9.17, 15) is 4.79 Å². The summed E-state index contributed by atoms with van der Waals surface area (Å²) in [4.78, 5) is 17.7. The van der Waals surface area contributed by atoms with Gasteiger partial charge < -0.3 is 4.57 Å². The summed E-state index contributed by atoms with van der Waals surface area (Å²) in [6, 6.07) is 4.06. The van der Waals surface area contributed by atoms with E-state index in [-0.39, 0.29) is 5.92 Å². The highest BCUT2D eigenvalue weighted by atomic mass is 32.1. The van der Waals surface area contributed by atoms with Crippen molar-refractivity contribution in [2.45, 2.75) is 32.2 Å². The number of rotatable bonds is 4. The summed E-state index contributed by atoms with van der Waals surface area (Å²) < 4.78 is 1.98. The summed E-state index contributed by atoms with van der Waals surface area (Å²) in [6.45, 7) is 0.470. The van der Waals surface area contributed by atoms with Crippen molar-refractivity contribution in [3.8, 4) is 10.7 Å². The van der Waals surface area contributed by atoms with Gasteiger partial charge in [-0.1, -0.05) is 18.9 Å². The van der Waals surface area contributed by atoms with Gasteiger partial charge in [0.2, 0.25) is 0 Å². The first-order valence-corrected chi connectivity index (χ1v) is 7.30. The molecule has 2 aromatic rings. The van der Waals surface area contributed by atoms with E-state index in [4.69, 9.17) is 0 Å². The van der Waals surface area contributed by atoms with E-state index < -0.39 is 0 Å². The van der Waals surface area contributed by atoms with Gasteiger partial charge in [0.25, 0.3) is 0 Å². The molecule has 1 saturated carbocycles. The van der Waals surface area contributed by atoms with Crippen molar-refractivity contribution in [3.05, 3.63) is 29.9 Å². The lowest BCUT2D eigenvalue weighted by Gasteiger charge is -2.10. The van der Waals surface area contributed by atoms with Gasteiger partial charge in [0, 0.05) is 18.3 Å². The predicted octanol–water partition coefficient (Wildman–Crippen LogP) is 3.37. The molecule has 0 amide bonds. The minimum atomic E-state index is 0.281. The van der Waals surface area contributed by atoms with E-state index in [0.717, 1.165) is 23.5 Å². The first-order chi connectivity index (χ1) is 8.84. The highest BCUT2D eigenvalue weighted by Crippen LogP contribution is 2.27. The molecule has 1 aliphatic carbocycles. The quantitative estimate of drug-likeness (QED) is 0.844. The molecule has 0 aliphatic heterocycles. The maximum Gasteiger partial charge on any atom is 0.155 e. The monoisotopic (exact) mass is 260 g/mol. The molecule has 0 bridgehead atoms. The second-order valence-electron chi connectivity index (χ2n) is 4.80. The van der Waals surface area contributed by atoms with Crippen LogP contribution < -0.4 is 0 Å². The molecule has 3 nitrogen and oxygen atoms in total. The molecule has 1 aliphatic rings. The Morgan fingerprint density at radius 1 is 1.44 bits per heavy atom. The molecule has 0 saturated heterocycles. The Morgan fingerprint density at radius 2 is 2.28 bits per heavy atom. The third kappa shape index (κ3) is 2.25. The first-order valence-electron chi connectivity index (χ1n) is 6.42. The zero-order valence-electron chi connectivity index (χ0n) is 10.2. The van der Waals surface area contributed by atoms with Crippen molar-refractivity contribution in [3.63, 3.8) is 0 Å². The molecule has 0 N–H and O–H groups in total.